The minimum Gasteiger partial charge on any atom is -0.368 e. The van der Waals surface area contributed by atoms with E-state index in [1.165, 1.54) is 12.8 Å². The standard InChI is InChI=1S/C9H18N6O/c1-2-3-4-5-16-6-12-9-14-7(10)13-8(11)15-9/h2-6H2,1H3,(H5,10,11,12,13,14,15). The summed E-state index contributed by atoms with van der Waals surface area (Å²) >= 11 is 0. The number of rotatable bonds is 7. The molecular weight excluding hydrogens is 208 g/mol. The van der Waals surface area contributed by atoms with Crippen molar-refractivity contribution in [3.05, 3.63) is 0 Å². The molecule has 5 N–H and O–H groups in total. The van der Waals surface area contributed by atoms with Gasteiger partial charge in [-0.1, -0.05) is 19.8 Å². The molecule has 1 rings (SSSR count). The van der Waals surface area contributed by atoms with Crippen molar-refractivity contribution in [1.29, 1.82) is 0 Å². The van der Waals surface area contributed by atoms with Gasteiger partial charge in [-0.05, 0) is 6.42 Å². The normalized spacial score (nSPS) is 10.3. The van der Waals surface area contributed by atoms with Crippen LogP contribution in [0.1, 0.15) is 26.2 Å². The maximum absolute atomic E-state index is 5.41. The predicted molar refractivity (Wildman–Crippen MR) is 62.6 cm³/mol. The zero-order valence-electron chi connectivity index (χ0n) is 9.44. The van der Waals surface area contributed by atoms with Crippen molar-refractivity contribution in [1.82, 2.24) is 15.0 Å². The molecule has 7 heteroatoms. The fourth-order valence-corrected chi connectivity index (χ4v) is 1.13. The van der Waals surface area contributed by atoms with Crippen molar-refractivity contribution in [3.63, 3.8) is 0 Å². The van der Waals surface area contributed by atoms with Crippen molar-refractivity contribution < 1.29 is 4.74 Å². The van der Waals surface area contributed by atoms with Crippen LogP contribution in [0.3, 0.4) is 0 Å². The number of hydrogen-bond donors (Lipinski definition) is 3. The number of nitrogen functional groups attached to an aromatic ring is 2. The van der Waals surface area contributed by atoms with Crippen molar-refractivity contribution in [2.45, 2.75) is 26.2 Å². The first-order valence-corrected chi connectivity index (χ1v) is 5.31. The molecule has 0 radical (unpaired) electrons. The molecule has 0 amide bonds. The van der Waals surface area contributed by atoms with Gasteiger partial charge in [0.05, 0.1) is 0 Å². The molecule has 0 unspecified atom stereocenters. The molecule has 0 aliphatic heterocycles. The SMILES string of the molecule is CCCCCOCNc1nc(N)nc(N)n1. The van der Waals surface area contributed by atoms with E-state index in [1.54, 1.807) is 0 Å². The highest BCUT2D eigenvalue weighted by Gasteiger charge is 2.00. The van der Waals surface area contributed by atoms with Crippen molar-refractivity contribution in [2.24, 2.45) is 0 Å². The van der Waals surface area contributed by atoms with Gasteiger partial charge >= 0.3 is 0 Å². The minimum atomic E-state index is 0.0981. The van der Waals surface area contributed by atoms with Crippen LogP contribution in [-0.2, 0) is 4.74 Å². The van der Waals surface area contributed by atoms with Gasteiger partial charge in [0.1, 0.15) is 6.73 Å². The Morgan fingerprint density at radius 1 is 1.12 bits per heavy atom. The van der Waals surface area contributed by atoms with Gasteiger partial charge < -0.3 is 21.5 Å². The number of nitrogens with one attached hydrogen (secondary N) is 1. The Labute approximate surface area is 94.6 Å². The molecule has 1 aromatic rings. The van der Waals surface area contributed by atoms with E-state index < -0.39 is 0 Å². The van der Waals surface area contributed by atoms with Crippen LogP contribution in [0.15, 0.2) is 0 Å². The van der Waals surface area contributed by atoms with Crippen LogP contribution < -0.4 is 16.8 Å². The fraction of sp³-hybridized carbons (Fsp3) is 0.667. The van der Waals surface area contributed by atoms with Gasteiger partial charge in [0.2, 0.25) is 17.8 Å². The molecule has 90 valence electrons. The zero-order chi connectivity index (χ0) is 11.8. The Hall–Kier alpha value is -1.63. The molecule has 7 nitrogen and oxygen atoms in total. The zero-order valence-corrected chi connectivity index (χ0v) is 9.44. The largest absolute Gasteiger partial charge is 0.368 e. The summed E-state index contributed by atoms with van der Waals surface area (Å²) in [7, 11) is 0. The molecule has 1 heterocycles. The van der Waals surface area contributed by atoms with E-state index in [4.69, 9.17) is 16.2 Å². The molecular formula is C9H18N6O. The number of anilines is 3. The lowest BCUT2D eigenvalue weighted by Crippen LogP contribution is -2.12. The number of hydrogen-bond acceptors (Lipinski definition) is 7. The molecule has 0 aromatic carbocycles. The first kappa shape index (κ1) is 12.4. The van der Waals surface area contributed by atoms with Gasteiger partial charge in [-0.25, -0.2) is 0 Å². The molecule has 0 bridgehead atoms. The minimum absolute atomic E-state index is 0.0981. The first-order valence-electron chi connectivity index (χ1n) is 5.31. The molecule has 16 heavy (non-hydrogen) atoms. The summed E-state index contributed by atoms with van der Waals surface area (Å²) in [5.41, 5.74) is 10.8. The molecule has 0 aliphatic carbocycles. The van der Waals surface area contributed by atoms with E-state index in [1.807, 2.05) is 0 Å². The highest BCUT2D eigenvalue weighted by Crippen LogP contribution is 2.03. The van der Waals surface area contributed by atoms with Crippen LogP contribution in [0.5, 0.6) is 0 Å². The summed E-state index contributed by atoms with van der Waals surface area (Å²) in [5, 5.41) is 2.86. The molecule has 0 saturated heterocycles. The van der Waals surface area contributed by atoms with E-state index in [0.717, 1.165) is 13.0 Å². The lowest BCUT2D eigenvalue weighted by atomic mass is 10.3. The van der Waals surface area contributed by atoms with E-state index >= 15 is 0 Å². The molecule has 0 atom stereocenters. The molecule has 0 aliphatic rings. The van der Waals surface area contributed by atoms with Crippen LogP contribution in [0, 0.1) is 0 Å². The quantitative estimate of drug-likeness (QED) is 0.461. The maximum atomic E-state index is 5.41. The average molecular weight is 226 g/mol. The molecule has 1 aromatic heterocycles. The van der Waals surface area contributed by atoms with Crippen LogP contribution in [0.2, 0.25) is 0 Å². The van der Waals surface area contributed by atoms with E-state index in [9.17, 15) is 0 Å². The molecule has 0 spiro atoms. The van der Waals surface area contributed by atoms with Gasteiger partial charge in [0.25, 0.3) is 0 Å². The van der Waals surface area contributed by atoms with Crippen LogP contribution in [-0.4, -0.2) is 28.3 Å². The Kier molecular flexibility index (Phi) is 5.27. The van der Waals surface area contributed by atoms with Crippen molar-refractivity contribution in [2.75, 3.05) is 30.1 Å². The van der Waals surface area contributed by atoms with Crippen LogP contribution >= 0.6 is 0 Å². The monoisotopic (exact) mass is 226 g/mol. The van der Waals surface area contributed by atoms with Gasteiger partial charge in [-0.2, -0.15) is 15.0 Å². The second-order valence-corrected chi connectivity index (χ2v) is 3.31. The van der Waals surface area contributed by atoms with Gasteiger partial charge in [0, 0.05) is 6.61 Å². The lowest BCUT2D eigenvalue weighted by Gasteiger charge is -2.06. The number of nitrogens with zero attached hydrogens (tertiary/aromatic N) is 3. The number of aromatic nitrogens is 3. The second kappa shape index (κ2) is 6.78. The Morgan fingerprint density at radius 3 is 2.44 bits per heavy atom. The Morgan fingerprint density at radius 2 is 1.81 bits per heavy atom. The summed E-state index contributed by atoms with van der Waals surface area (Å²) in [6.45, 7) is 3.21. The van der Waals surface area contributed by atoms with Crippen LogP contribution in [0.4, 0.5) is 17.8 Å². The van der Waals surface area contributed by atoms with Gasteiger partial charge in [-0.15, -0.1) is 0 Å². The first-order chi connectivity index (χ1) is 7.72. The van der Waals surface area contributed by atoms with Crippen molar-refractivity contribution in [3.8, 4) is 0 Å². The number of ether oxygens (including phenoxy) is 1. The summed E-state index contributed by atoms with van der Waals surface area (Å²) in [6, 6.07) is 0. The highest BCUT2D eigenvalue weighted by molar-refractivity contribution is 5.36. The Bertz CT molecular complexity index is 299. The average Bonchev–Trinajstić information content (AvgIpc) is 2.22. The maximum Gasteiger partial charge on any atom is 0.231 e. The lowest BCUT2D eigenvalue weighted by molar-refractivity contribution is 0.147. The third kappa shape index (κ3) is 4.74. The third-order valence-electron chi connectivity index (χ3n) is 1.89. The second-order valence-electron chi connectivity index (χ2n) is 3.31. The summed E-state index contributed by atoms with van der Waals surface area (Å²) in [5.74, 6) is 0.530. The predicted octanol–water partition coefficient (Wildman–Crippen LogP) is 0.612. The Balaban J connectivity index is 2.21. The molecule has 0 saturated carbocycles. The molecule has 0 fully saturated rings. The summed E-state index contributed by atoms with van der Waals surface area (Å²) < 4.78 is 5.33. The third-order valence-corrected chi connectivity index (χ3v) is 1.89. The number of nitrogens with two attached hydrogens (primary N) is 2. The van der Waals surface area contributed by atoms with Crippen LogP contribution in [0.25, 0.3) is 0 Å². The van der Waals surface area contributed by atoms with Gasteiger partial charge in [-0.3, -0.25) is 0 Å². The van der Waals surface area contributed by atoms with E-state index in [-0.39, 0.29) is 11.9 Å². The van der Waals surface area contributed by atoms with E-state index in [2.05, 4.69) is 27.2 Å². The number of unbranched alkanes of at least 4 members (excludes halogenated alkanes) is 2. The highest BCUT2D eigenvalue weighted by atomic mass is 16.5. The summed E-state index contributed by atoms with van der Waals surface area (Å²) in [4.78, 5) is 11.4. The van der Waals surface area contributed by atoms with Crippen molar-refractivity contribution >= 4 is 17.8 Å². The smallest absolute Gasteiger partial charge is 0.231 e. The van der Waals surface area contributed by atoms with E-state index in [0.29, 0.717) is 12.7 Å². The topological polar surface area (TPSA) is 112 Å². The van der Waals surface area contributed by atoms with Gasteiger partial charge in [0.15, 0.2) is 0 Å². The summed E-state index contributed by atoms with van der Waals surface area (Å²) in [6.07, 6.45) is 3.41. The fourth-order valence-electron chi connectivity index (χ4n) is 1.13.